The lowest BCUT2D eigenvalue weighted by molar-refractivity contribution is 0.0950. The first-order chi connectivity index (χ1) is 14.4. The van der Waals surface area contributed by atoms with E-state index in [-0.39, 0.29) is 5.91 Å². The van der Waals surface area contributed by atoms with Gasteiger partial charge < -0.3 is 5.32 Å². The number of aryl methyl sites for hydroxylation is 3. The molecule has 1 N–H and O–H groups in total. The second-order valence-corrected chi connectivity index (χ2v) is 7.79. The summed E-state index contributed by atoms with van der Waals surface area (Å²) in [5.41, 5.74) is 7.68. The van der Waals surface area contributed by atoms with Crippen LogP contribution in [-0.4, -0.2) is 20.7 Å². The monoisotopic (exact) mass is 398 g/mol. The van der Waals surface area contributed by atoms with Crippen LogP contribution in [0.15, 0.2) is 54.6 Å². The second-order valence-electron chi connectivity index (χ2n) is 7.79. The Morgan fingerprint density at radius 3 is 2.50 bits per heavy atom. The highest BCUT2D eigenvalue weighted by Crippen LogP contribution is 2.19. The van der Waals surface area contributed by atoms with Gasteiger partial charge in [-0.3, -0.25) is 14.5 Å². The van der Waals surface area contributed by atoms with Crippen molar-refractivity contribution in [2.24, 2.45) is 0 Å². The van der Waals surface area contributed by atoms with E-state index in [1.54, 1.807) is 0 Å². The highest BCUT2D eigenvalue weighted by molar-refractivity contribution is 5.98. The third-order valence-electron chi connectivity index (χ3n) is 5.54. The molecule has 0 saturated heterocycles. The number of carbonyl (C=O) groups is 1. The van der Waals surface area contributed by atoms with E-state index in [1.165, 1.54) is 5.56 Å². The van der Waals surface area contributed by atoms with Crippen LogP contribution in [0.2, 0.25) is 0 Å². The maximum Gasteiger partial charge on any atom is 0.253 e. The molecule has 152 valence electrons. The molecule has 0 atom stereocenters. The lowest BCUT2D eigenvalue weighted by atomic mass is 10.1. The van der Waals surface area contributed by atoms with Crippen molar-refractivity contribution in [2.75, 3.05) is 0 Å². The predicted octanol–water partition coefficient (Wildman–Crippen LogP) is 4.64. The Kier molecular flexibility index (Phi) is 5.36. The molecule has 0 spiro atoms. The molecule has 30 heavy (non-hydrogen) atoms. The maximum absolute atomic E-state index is 12.9. The van der Waals surface area contributed by atoms with Gasteiger partial charge >= 0.3 is 0 Å². The normalized spacial score (nSPS) is 11.1. The van der Waals surface area contributed by atoms with E-state index < -0.39 is 0 Å². The summed E-state index contributed by atoms with van der Waals surface area (Å²) >= 11 is 0. The molecule has 4 rings (SSSR count). The van der Waals surface area contributed by atoms with E-state index in [1.807, 2.05) is 67.9 Å². The molecule has 0 radical (unpaired) electrons. The molecule has 1 amide bonds. The summed E-state index contributed by atoms with van der Waals surface area (Å²) in [6, 6.07) is 18.3. The number of nitrogens with zero attached hydrogens (tertiary/aromatic N) is 3. The number of hydrogen-bond acceptors (Lipinski definition) is 3. The smallest absolute Gasteiger partial charge is 0.253 e. The summed E-state index contributed by atoms with van der Waals surface area (Å²) in [7, 11) is 0. The van der Waals surface area contributed by atoms with Crippen molar-refractivity contribution >= 4 is 16.8 Å². The molecule has 2 aromatic heterocycles. The number of aromatic nitrogens is 3. The Morgan fingerprint density at radius 2 is 1.73 bits per heavy atom. The molecular formula is C25H26N4O. The van der Waals surface area contributed by atoms with Gasteiger partial charge in [-0.25, -0.2) is 0 Å². The van der Waals surface area contributed by atoms with Gasteiger partial charge in [-0.15, -0.1) is 0 Å². The fraction of sp³-hybridized carbons (Fsp3) is 0.240. The summed E-state index contributed by atoms with van der Waals surface area (Å²) in [4.78, 5) is 17.5. The van der Waals surface area contributed by atoms with Crippen LogP contribution in [0.4, 0.5) is 0 Å². The van der Waals surface area contributed by atoms with Crippen LogP contribution in [0.5, 0.6) is 0 Å². The zero-order chi connectivity index (χ0) is 21.3. The summed E-state index contributed by atoms with van der Waals surface area (Å²) in [6.45, 7) is 9.12. The van der Waals surface area contributed by atoms with E-state index in [2.05, 4.69) is 34.5 Å². The Morgan fingerprint density at radius 1 is 0.967 bits per heavy atom. The minimum Gasteiger partial charge on any atom is -0.348 e. The number of rotatable bonds is 5. The zero-order valence-electron chi connectivity index (χ0n) is 17.9. The topological polar surface area (TPSA) is 59.8 Å². The van der Waals surface area contributed by atoms with Gasteiger partial charge in [0.15, 0.2) is 0 Å². The molecule has 0 fully saturated rings. The largest absolute Gasteiger partial charge is 0.348 e. The Labute approximate surface area is 176 Å². The highest BCUT2D eigenvalue weighted by Gasteiger charge is 2.16. The van der Waals surface area contributed by atoms with Gasteiger partial charge in [-0.2, -0.15) is 5.10 Å². The summed E-state index contributed by atoms with van der Waals surface area (Å²) in [5, 5.41) is 8.71. The number of amides is 1. The van der Waals surface area contributed by atoms with Crippen LogP contribution in [0.25, 0.3) is 10.9 Å². The predicted molar refractivity (Wildman–Crippen MR) is 120 cm³/mol. The molecule has 0 bridgehead atoms. The average Bonchev–Trinajstić information content (AvgIpc) is 2.99. The van der Waals surface area contributed by atoms with Crippen LogP contribution in [0.3, 0.4) is 0 Å². The maximum atomic E-state index is 12.9. The van der Waals surface area contributed by atoms with Crippen molar-refractivity contribution in [3.8, 4) is 0 Å². The fourth-order valence-electron chi connectivity index (χ4n) is 3.77. The first-order valence-electron chi connectivity index (χ1n) is 10.2. The SMILES string of the molecule is Cc1ccc2cc(C(=O)NCc3c(C)nn(Cc4ccccc4)c3C)c(C)nc2c1. The number of hydrogen-bond donors (Lipinski definition) is 1. The van der Waals surface area contributed by atoms with Crippen molar-refractivity contribution in [2.45, 2.75) is 40.8 Å². The van der Waals surface area contributed by atoms with E-state index >= 15 is 0 Å². The zero-order valence-corrected chi connectivity index (χ0v) is 17.9. The first kappa shape index (κ1) is 19.8. The molecule has 5 nitrogen and oxygen atoms in total. The van der Waals surface area contributed by atoms with Crippen molar-refractivity contribution < 1.29 is 4.79 Å². The third kappa shape index (κ3) is 3.96. The molecular weight excluding hydrogens is 372 g/mol. The van der Waals surface area contributed by atoms with Gasteiger partial charge in [0.2, 0.25) is 0 Å². The van der Waals surface area contributed by atoms with E-state index in [0.29, 0.717) is 18.7 Å². The lowest BCUT2D eigenvalue weighted by Crippen LogP contribution is -2.24. The standard InChI is InChI=1S/C25H26N4O/c1-16-10-11-21-13-22(17(2)27-24(21)12-16)25(30)26-14-23-18(3)28-29(19(23)4)15-20-8-6-5-7-9-20/h5-13H,14-15H2,1-4H3,(H,26,30). The van der Waals surface area contributed by atoms with E-state index in [0.717, 1.165) is 39.1 Å². The molecule has 2 aromatic carbocycles. The molecule has 0 aliphatic heterocycles. The summed E-state index contributed by atoms with van der Waals surface area (Å²) in [6.07, 6.45) is 0. The minimum absolute atomic E-state index is 0.114. The Balaban J connectivity index is 1.52. The number of nitrogens with one attached hydrogen (secondary N) is 1. The second kappa shape index (κ2) is 8.11. The van der Waals surface area contributed by atoms with Crippen molar-refractivity contribution in [1.29, 1.82) is 0 Å². The van der Waals surface area contributed by atoms with Crippen LogP contribution in [0, 0.1) is 27.7 Å². The van der Waals surface area contributed by atoms with Crippen LogP contribution in [-0.2, 0) is 13.1 Å². The van der Waals surface area contributed by atoms with Gasteiger partial charge in [0.25, 0.3) is 5.91 Å². The number of benzene rings is 2. The van der Waals surface area contributed by atoms with Crippen molar-refractivity contribution in [3.63, 3.8) is 0 Å². The van der Waals surface area contributed by atoms with E-state index in [4.69, 9.17) is 0 Å². The molecule has 0 aliphatic carbocycles. The molecule has 0 saturated carbocycles. The van der Waals surface area contributed by atoms with Crippen LogP contribution in [0.1, 0.15) is 44.1 Å². The van der Waals surface area contributed by atoms with Crippen molar-refractivity contribution in [3.05, 3.63) is 93.9 Å². The van der Waals surface area contributed by atoms with E-state index in [9.17, 15) is 4.79 Å². The van der Waals surface area contributed by atoms with Gasteiger partial charge in [-0.05, 0) is 51.0 Å². The van der Waals surface area contributed by atoms with Gasteiger partial charge in [0.1, 0.15) is 0 Å². The quantitative estimate of drug-likeness (QED) is 0.533. The average molecular weight is 399 g/mol. The van der Waals surface area contributed by atoms with Gasteiger partial charge in [-0.1, -0.05) is 42.5 Å². The Bertz CT molecular complexity index is 1230. The molecule has 0 aliphatic rings. The minimum atomic E-state index is -0.114. The fourth-order valence-corrected chi connectivity index (χ4v) is 3.77. The van der Waals surface area contributed by atoms with Crippen LogP contribution >= 0.6 is 0 Å². The molecule has 5 heteroatoms. The Hall–Kier alpha value is -3.47. The molecule has 0 unspecified atom stereocenters. The number of carbonyl (C=O) groups excluding carboxylic acids is 1. The number of pyridine rings is 1. The van der Waals surface area contributed by atoms with Gasteiger partial charge in [0.05, 0.1) is 29.0 Å². The first-order valence-corrected chi connectivity index (χ1v) is 10.2. The molecule has 4 aromatic rings. The highest BCUT2D eigenvalue weighted by atomic mass is 16.1. The number of fused-ring (bicyclic) bond motifs is 1. The summed E-state index contributed by atoms with van der Waals surface area (Å²) < 4.78 is 2.00. The third-order valence-corrected chi connectivity index (χ3v) is 5.54. The summed E-state index contributed by atoms with van der Waals surface area (Å²) in [5.74, 6) is -0.114. The van der Waals surface area contributed by atoms with Crippen molar-refractivity contribution in [1.82, 2.24) is 20.1 Å². The van der Waals surface area contributed by atoms with Crippen LogP contribution < -0.4 is 5.32 Å². The molecule has 2 heterocycles. The van der Waals surface area contributed by atoms with Gasteiger partial charge in [0, 0.05) is 23.2 Å². The lowest BCUT2D eigenvalue weighted by Gasteiger charge is -2.10.